The smallest absolute Gasteiger partial charge is 0.147 e. The van der Waals surface area contributed by atoms with Crippen LogP contribution in [0.2, 0.25) is 0 Å². The molecule has 5 heteroatoms. The average Bonchev–Trinajstić information content (AvgIpc) is 2.46. The zero-order chi connectivity index (χ0) is 10.8. The summed E-state index contributed by atoms with van der Waals surface area (Å²) in [5.41, 5.74) is 1.01. The number of aryl methyl sites for hydroxylation is 1. The SMILES string of the molecule is Cc1csc(C(C)CCS(C)(=O)=O)n1. The lowest BCUT2D eigenvalue weighted by atomic mass is 10.1. The second-order valence-corrected chi connectivity index (χ2v) is 6.80. The highest BCUT2D eigenvalue weighted by Gasteiger charge is 2.12. The Kier molecular flexibility index (Phi) is 3.66. The number of rotatable bonds is 4. The molecule has 0 N–H and O–H groups in total. The zero-order valence-electron chi connectivity index (χ0n) is 8.65. The topological polar surface area (TPSA) is 47.0 Å². The van der Waals surface area contributed by atoms with Crippen molar-refractivity contribution in [3.8, 4) is 0 Å². The summed E-state index contributed by atoms with van der Waals surface area (Å²) in [5, 5.41) is 3.03. The molecule has 0 aliphatic heterocycles. The largest absolute Gasteiger partial charge is 0.246 e. The van der Waals surface area contributed by atoms with Gasteiger partial charge in [0.15, 0.2) is 0 Å². The highest BCUT2D eigenvalue weighted by Crippen LogP contribution is 2.22. The van der Waals surface area contributed by atoms with Gasteiger partial charge in [-0.15, -0.1) is 11.3 Å². The molecule has 0 amide bonds. The Hall–Kier alpha value is -0.420. The van der Waals surface area contributed by atoms with Crippen molar-refractivity contribution in [3.05, 3.63) is 16.1 Å². The van der Waals surface area contributed by atoms with E-state index >= 15 is 0 Å². The van der Waals surface area contributed by atoms with Gasteiger partial charge in [0.05, 0.1) is 10.8 Å². The van der Waals surface area contributed by atoms with E-state index in [1.807, 2.05) is 19.2 Å². The molecule has 0 spiro atoms. The third-order valence-corrected chi connectivity index (χ3v) is 4.15. The van der Waals surface area contributed by atoms with Crippen molar-refractivity contribution in [1.82, 2.24) is 4.98 Å². The molecular formula is C9H15NO2S2. The van der Waals surface area contributed by atoms with Crippen molar-refractivity contribution in [2.75, 3.05) is 12.0 Å². The molecule has 1 atom stereocenters. The second kappa shape index (κ2) is 4.40. The van der Waals surface area contributed by atoms with E-state index in [1.54, 1.807) is 11.3 Å². The molecule has 1 rings (SSSR count). The molecule has 0 aromatic carbocycles. The van der Waals surface area contributed by atoms with Gasteiger partial charge in [0, 0.05) is 23.2 Å². The Morgan fingerprint density at radius 2 is 2.21 bits per heavy atom. The number of aromatic nitrogens is 1. The summed E-state index contributed by atoms with van der Waals surface area (Å²) in [6.07, 6.45) is 1.93. The minimum atomic E-state index is -2.84. The van der Waals surface area contributed by atoms with E-state index < -0.39 is 9.84 Å². The summed E-state index contributed by atoms with van der Waals surface area (Å²) in [7, 11) is -2.84. The summed E-state index contributed by atoms with van der Waals surface area (Å²) in [4.78, 5) is 4.33. The van der Waals surface area contributed by atoms with Crippen molar-refractivity contribution in [3.63, 3.8) is 0 Å². The second-order valence-electron chi connectivity index (χ2n) is 3.65. The maximum absolute atomic E-state index is 11.0. The Morgan fingerprint density at radius 1 is 1.57 bits per heavy atom. The lowest BCUT2D eigenvalue weighted by molar-refractivity contribution is 0.594. The fourth-order valence-electron chi connectivity index (χ4n) is 1.11. The third-order valence-electron chi connectivity index (χ3n) is 1.98. The van der Waals surface area contributed by atoms with Crippen LogP contribution in [0.4, 0.5) is 0 Å². The first-order valence-corrected chi connectivity index (χ1v) is 7.42. The van der Waals surface area contributed by atoms with Crippen LogP contribution in [-0.4, -0.2) is 25.4 Å². The molecular weight excluding hydrogens is 218 g/mol. The van der Waals surface area contributed by atoms with Gasteiger partial charge in [-0.3, -0.25) is 0 Å². The Labute approximate surface area is 89.1 Å². The molecule has 0 aliphatic rings. The van der Waals surface area contributed by atoms with Gasteiger partial charge < -0.3 is 0 Å². The van der Waals surface area contributed by atoms with E-state index in [0.29, 0.717) is 6.42 Å². The minimum Gasteiger partial charge on any atom is -0.246 e. The highest BCUT2D eigenvalue weighted by atomic mass is 32.2. The number of hydrogen-bond acceptors (Lipinski definition) is 4. The summed E-state index contributed by atoms with van der Waals surface area (Å²) in [5.74, 6) is 0.482. The Balaban J connectivity index is 2.55. The molecule has 0 fully saturated rings. The van der Waals surface area contributed by atoms with E-state index in [9.17, 15) is 8.42 Å². The molecule has 80 valence electrons. The molecule has 14 heavy (non-hydrogen) atoms. The average molecular weight is 233 g/mol. The van der Waals surface area contributed by atoms with Crippen LogP contribution >= 0.6 is 11.3 Å². The number of sulfone groups is 1. The van der Waals surface area contributed by atoms with Crippen molar-refractivity contribution in [2.24, 2.45) is 0 Å². The van der Waals surface area contributed by atoms with Crippen LogP contribution in [0.5, 0.6) is 0 Å². The van der Waals surface area contributed by atoms with Crippen LogP contribution in [0.15, 0.2) is 5.38 Å². The van der Waals surface area contributed by atoms with Crippen molar-refractivity contribution < 1.29 is 8.42 Å². The molecule has 0 aliphatic carbocycles. The first-order valence-electron chi connectivity index (χ1n) is 4.48. The summed E-state index contributed by atoms with van der Waals surface area (Å²) in [6, 6.07) is 0. The molecule has 3 nitrogen and oxygen atoms in total. The monoisotopic (exact) mass is 233 g/mol. The van der Waals surface area contributed by atoms with Crippen LogP contribution in [0.1, 0.15) is 30.0 Å². The highest BCUT2D eigenvalue weighted by molar-refractivity contribution is 7.90. The van der Waals surface area contributed by atoms with Gasteiger partial charge in [0.25, 0.3) is 0 Å². The summed E-state index contributed by atoms with van der Waals surface area (Å²) < 4.78 is 21.9. The fourth-order valence-corrected chi connectivity index (χ4v) is 2.79. The quantitative estimate of drug-likeness (QED) is 0.799. The van der Waals surface area contributed by atoms with Gasteiger partial charge in [0.1, 0.15) is 9.84 Å². The number of hydrogen-bond donors (Lipinski definition) is 0. The number of thiazole rings is 1. The molecule has 0 radical (unpaired) electrons. The molecule has 1 aromatic rings. The normalized spacial score (nSPS) is 14.2. The van der Waals surface area contributed by atoms with Gasteiger partial charge in [-0.2, -0.15) is 0 Å². The molecule has 1 aromatic heterocycles. The lowest BCUT2D eigenvalue weighted by Gasteiger charge is -2.06. The van der Waals surface area contributed by atoms with Gasteiger partial charge in [-0.05, 0) is 13.3 Å². The minimum absolute atomic E-state index is 0.239. The van der Waals surface area contributed by atoms with Crippen molar-refractivity contribution >= 4 is 21.2 Å². The zero-order valence-corrected chi connectivity index (χ0v) is 10.3. The van der Waals surface area contributed by atoms with Crippen LogP contribution in [0, 0.1) is 6.92 Å². The predicted molar refractivity (Wildman–Crippen MR) is 59.6 cm³/mol. The maximum Gasteiger partial charge on any atom is 0.147 e. The van der Waals surface area contributed by atoms with Crippen LogP contribution < -0.4 is 0 Å². The van der Waals surface area contributed by atoms with Gasteiger partial charge in [0.2, 0.25) is 0 Å². The summed E-state index contributed by atoms with van der Waals surface area (Å²) in [6.45, 7) is 3.97. The standard InChI is InChI=1S/C9H15NO2S2/c1-7(4-5-14(3,11)12)9-10-8(2)6-13-9/h6-7H,4-5H2,1-3H3. The van der Waals surface area contributed by atoms with Crippen molar-refractivity contribution in [1.29, 1.82) is 0 Å². The van der Waals surface area contributed by atoms with E-state index in [4.69, 9.17) is 0 Å². The van der Waals surface area contributed by atoms with E-state index in [0.717, 1.165) is 10.7 Å². The van der Waals surface area contributed by atoms with E-state index in [-0.39, 0.29) is 11.7 Å². The first-order chi connectivity index (χ1) is 6.38. The van der Waals surface area contributed by atoms with Gasteiger partial charge in [-0.1, -0.05) is 6.92 Å². The molecule has 0 bridgehead atoms. The van der Waals surface area contributed by atoms with Crippen molar-refractivity contribution in [2.45, 2.75) is 26.2 Å². The Morgan fingerprint density at radius 3 is 2.64 bits per heavy atom. The van der Waals surface area contributed by atoms with Gasteiger partial charge >= 0.3 is 0 Å². The first kappa shape index (κ1) is 11.7. The number of nitrogens with zero attached hydrogens (tertiary/aromatic N) is 1. The van der Waals surface area contributed by atoms with Crippen LogP contribution in [0.25, 0.3) is 0 Å². The summed E-state index contributed by atoms with van der Waals surface area (Å²) >= 11 is 1.60. The molecule has 0 saturated heterocycles. The van der Waals surface area contributed by atoms with Crippen LogP contribution in [-0.2, 0) is 9.84 Å². The molecule has 0 saturated carbocycles. The van der Waals surface area contributed by atoms with Crippen LogP contribution in [0.3, 0.4) is 0 Å². The van der Waals surface area contributed by atoms with E-state index in [1.165, 1.54) is 6.26 Å². The lowest BCUT2D eigenvalue weighted by Crippen LogP contribution is -2.06. The van der Waals surface area contributed by atoms with Gasteiger partial charge in [-0.25, -0.2) is 13.4 Å². The Bertz CT molecular complexity index is 395. The molecule has 1 unspecified atom stereocenters. The predicted octanol–water partition coefficient (Wildman–Crippen LogP) is 1.99. The fraction of sp³-hybridized carbons (Fsp3) is 0.667. The van der Waals surface area contributed by atoms with E-state index in [2.05, 4.69) is 4.98 Å². The molecule has 1 heterocycles. The maximum atomic E-state index is 11.0. The third kappa shape index (κ3) is 3.75.